The highest BCUT2D eigenvalue weighted by Gasteiger charge is 2.16. The molecule has 0 aliphatic carbocycles. The van der Waals surface area contributed by atoms with Crippen molar-refractivity contribution < 1.29 is 4.42 Å². The fraction of sp³-hybridized carbons (Fsp3) is 0.125. The second kappa shape index (κ2) is 8.17. The summed E-state index contributed by atoms with van der Waals surface area (Å²) >= 11 is 2.98. The zero-order valence-electron chi connectivity index (χ0n) is 17.0. The molecule has 0 radical (unpaired) electrons. The van der Waals surface area contributed by atoms with Crippen LogP contribution in [0.5, 0.6) is 0 Å². The Morgan fingerprint density at radius 3 is 2.39 bits per heavy atom. The van der Waals surface area contributed by atoms with E-state index in [0.29, 0.717) is 21.5 Å². The van der Waals surface area contributed by atoms with Gasteiger partial charge in [0.05, 0.1) is 11.2 Å². The molecule has 154 valence electrons. The zero-order chi connectivity index (χ0) is 21.4. The largest absolute Gasteiger partial charge is 0.441 e. The normalized spacial score (nSPS) is 11.3. The predicted molar refractivity (Wildman–Crippen MR) is 127 cm³/mol. The van der Waals surface area contributed by atoms with Crippen molar-refractivity contribution in [2.45, 2.75) is 17.8 Å². The van der Waals surface area contributed by atoms with E-state index in [1.165, 1.54) is 23.1 Å². The van der Waals surface area contributed by atoms with Crippen LogP contribution in [0.1, 0.15) is 11.5 Å². The fourth-order valence-corrected chi connectivity index (χ4v) is 5.36. The quantitative estimate of drug-likeness (QED) is 0.248. The van der Waals surface area contributed by atoms with E-state index in [1.807, 2.05) is 73.7 Å². The van der Waals surface area contributed by atoms with E-state index in [1.54, 1.807) is 11.6 Å². The molecule has 5 nitrogen and oxygen atoms in total. The maximum absolute atomic E-state index is 12.9. The molecule has 5 rings (SSSR count). The van der Waals surface area contributed by atoms with Crippen LogP contribution in [-0.4, -0.2) is 14.5 Å². The van der Waals surface area contributed by atoms with E-state index >= 15 is 0 Å². The highest BCUT2D eigenvalue weighted by atomic mass is 32.2. The van der Waals surface area contributed by atoms with E-state index in [0.717, 1.165) is 33.0 Å². The number of fused-ring (bicyclic) bond motifs is 1. The molecule has 3 aromatic heterocycles. The standard InChI is InChI=1S/C24H19N3O2S2/c1-15-19(25-22(29-15)17-11-7-4-8-12-17)14-30-24-26-18-13-20(16-9-5-3-6-10-16)31-21(18)23(28)27(24)2/h3-13H,14H2,1-2H3. The molecule has 0 saturated carbocycles. The Morgan fingerprint density at radius 1 is 1.00 bits per heavy atom. The van der Waals surface area contributed by atoms with Gasteiger partial charge in [-0.05, 0) is 30.7 Å². The molecule has 5 aromatic rings. The number of thiophene rings is 1. The minimum Gasteiger partial charge on any atom is -0.441 e. The van der Waals surface area contributed by atoms with Crippen LogP contribution in [0.15, 0.2) is 81.1 Å². The molecule has 7 heteroatoms. The predicted octanol–water partition coefficient (Wildman–Crippen LogP) is 5.92. The third-order valence-corrected chi connectivity index (χ3v) is 7.23. The van der Waals surface area contributed by atoms with Crippen molar-refractivity contribution in [1.82, 2.24) is 14.5 Å². The molecule has 0 amide bonds. The average Bonchev–Trinajstić information content (AvgIpc) is 3.40. The molecule has 0 atom stereocenters. The third-order valence-electron chi connectivity index (χ3n) is 5.02. The smallest absolute Gasteiger partial charge is 0.271 e. The molecule has 0 saturated heterocycles. The van der Waals surface area contributed by atoms with Gasteiger partial charge in [0.2, 0.25) is 5.89 Å². The van der Waals surface area contributed by atoms with Gasteiger partial charge < -0.3 is 4.42 Å². The first-order chi connectivity index (χ1) is 15.1. The molecule has 2 aromatic carbocycles. The van der Waals surface area contributed by atoms with Crippen LogP contribution in [-0.2, 0) is 12.8 Å². The van der Waals surface area contributed by atoms with Crippen molar-refractivity contribution in [3.8, 4) is 21.9 Å². The third kappa shape index (κ3) is 3.82. The fourth-order valence-electron chi connectivity index (χ4n) is 3.31. The number of hydrogen-bond donors (Lipinski definition) is 0. The lowest BCUT2D eigenvalue weighted by atomic mass is 10.2. The lowest BCUT2D eigenvalue weighted by Gasteiger charge is -2.05. The summed E-state index contributed by atoms with van der Waals surface area (Å²) in [4.78, 5) is 23.4. The highest BCUT2D eigenvalue weighted by Crippen LogP contribution is 2.32. The number of nitrogens with zero attached hydrogens (tertiary/aromatic N) is 3. The first-order valence-corrected chi connectivity index (χ1v) is 11.6. The van der Waals surface area contributed by atoms with Crippen molar-refractivity contribution in [3.63, 3.8) is 0 Å². The molecule has 3 heterocycles. The van der Waals surface area contributed by atoms with Crippen LogP contribution in [0.2, 0.25) is 0 Å². The van der Waals surface area contributed by atoms with Crippen molar-refractivity contribution in [3.05, 3.63) is 88.5 Å². The summed E-state index contributed by atoms with van der Waals surface area (Å²) in [5.74, 6) is 1.96. The highest BCUT2D eigenvalue weighted by molar-refractivity contribution is 7.98. The topological polar surface area (TPSA) is 60.9 Å². The molecular formula is C24H19N3O2S2. The van der Waals surface area contributed by atoms with Crippen LogP contribution in [0.25, 0.3) is 32.1 Å². The van der Waals surface area contributed by atoms with Crippen molar-refractivity contribution in [2.75, 3.05) is 0 Å². The van der Waals surface area contributed by atoms with E-state index in [4.69, 9.17) is 9.40 Å². The van der Waals surface area contributed by atoms with Crippen molar-refractivity contribution >= 4 is 33.3 Å². The van der Waals surface area contributed by atoms with Gasteiger partial charge in [0, 0.05) is 23.2 Å². The summed E-state index contributed by atoms with van der Waals surface area (Å²) in [6.45, 7) is 1.91. The van der Waals surface area contributed by atoms with E-state index < -0.39 is 0 Å². The van der Waals surface area contributed by atoms with Gasteiger partial charge in [0.15, 0.2) is 5.16 Å². The molecule has 0 unspecified atom stereocenters. The van der Waals surface area contributed by atoms with Gasteiger partial charge in [-0.25, -0.2) is 9.97 Å². The van der Waals surface area contributed by atoms with Crippen LogP contribution < -0.4 is 5.56 Å². The van der Waals surface area contributed by atoms with Gasteiger partial charge >= 0.3 is 0 Å². The molecule has 0 aliphatic heterocycles. The lowest BCUT2D eigenvalue weighted by Crippen LogP contribution is -2.18. The van der Waals surface area contributed by atoms with Gasteiger partial charge in [0.1, 0.15) is 10.5 Å². The van der Waals surface area contributed by atoms with Crippen LogP contribution in [0.3, 0.4) is 0 Å². The molecule has 31 heavy (non-hydrogen) atoms. The summed E-state index contributed by atoms with van der Waals surface area (Å²) < 4.78 is 8.15. The van der Waals surface area contributed by atoms with E-state index in [9.17, 15) is 4.79 Å². The molecule has 0 aliphatic rings. The number of rotatable bonds is 5. The number of thioether (sulfide) groups is 1. The summed E-state index contributed by atoms with van der Waals surface area (Å²) in [5.41, 5.74) is 3.60. The molecule has 0 N–H and O–H groups in total. The Labute approximate surface area is 187 Å². The first-order valence-electron chi connectivity index (χ1n) is 9.80. The number of hydrogen-bond acceptors (Lipinski definition) is 6. The summed E-state index contributed by atoms with van der Waals surface area (Å²) in [6.07, 6.45) is 0. The minimum atomic E-state index is -0.0264. The van der Waals surface area contributed by atoms with Crippen molar-refractivity contribution in [1.29, 1.82) is 0 Å². The SMILES string of the molecule is Cc1oc(-c2ccccc2)nc1CSc1nc2cc(-c3ccccc3)sc2c(=O)n1C. The van der Waals surface area contributed by atoms with Crippen LogP contribution in [0, 0.1) is 6.92 Å². The van der Waals surface area contributed by atoms with Crippen LogP contribution in [0.4, 0.5) is 0 Å². The number of aromatic nitrogens is 3. The number of oxazole rings is 1. The van der Waals surface area contributed by atoms with Crippen LogP contribution >= 0.6 is 23.1 Å². The lowest BCUT2D eigenvalue weighted by molar-refractivity contribution is 0.540. The maximum atomic E-state index is 12.9. The molecule has 0 bridgehead atoms. The molecular weight excluding hydrogens is 426 g/mol. The number of aryl methyl sites for hydroxylation is 1. The van der Waals surface area contributed by atoms with Gasteiger partial charge in [0.25, 0.3) is 5.56 Å². The average molecular weight is 446 g/mol. The number of benzene rings is 2. The Balaban J connectivity index is 1.44. The second-order valence-corrected chi connectivity index (χ2v) is 9.12. The second-order valence-electron chi connectivity index (χ2n) is 7.13. The maximum Gasteiger partial charge on any atom is 0.271 e. The Bertz CT molecular complexity index is 1420. The van der Waals surface area contributed by atoms with Gasteiger partial charge in [-0.15, -0.1) is 11.3 Å². The molecule has 0 spiro atoms. The van der Waals surface area contributed by atoms with Gasteiger partial charge in [-0.1, -0.05) is 60.3 Å². The summed E-state index contributed by atoms with van der Waals surface area (Å²) in [6, 6.07) is 21.9. The minimum absolute atomic E-state index is 0.0264. The summed E-state index contributed by atoms with van der Waals surface area (Å²) in [5, 5.41) is 0.665. The van der Waals surface area contributed by atoms with E-state index in [-0.39, 0.29) is 5.56 Å². The molecule has 0 fully saturated rings. The zero-order valence-corrected chi connectivity index (χ0v) is 18.7. The monoisotopic (exact) mass is 445 g/mol. The Morgan fingerprint density at radius 2 is 1.68 bits per heavy atom. The van der Waals surface area contributed by atoms with Gasteiger partial charge in [-0.2, -0.15) is 0 Å². The summed E-state index contributed by atoms with van der Waals surface area (Å²) in [7, 11) is 1.77. The Hall–Kier alpha value is -3.16. The van der Waals surface area contributed by atoms with Gasteiger partial charge in [-0.3, -0.25) is 9.36 Å². The van der Waals surface area contributed by atoms with Crippen molar-refractivity contribution in [2.24, 2.45) is 7.05 Å². The Kier molecular flexibility index (Phi) is 5.21. The first kappa shape index (κ1) is 19.8. The van der Waals surface area contributed by atoms with E-state index in [2.05, 4.69) is 4.98 Å².